The molecule has 0 radical (unpaired) electrons. The van der Waals surface area contributed by atoms with Crippen LogP contribution in [0.4, 0.5) is 10.1 Å². The third-order valence-electron chi connectivity index (χ3n) is 3.29. The Kier molecular flexibility index (Phi) is 6.03. The first-order valence-corrected chi connectivity index (χ1v) is 8.15. The van der Waals surface area contributed by atoms with Gasteiger partial charge in [-0.05, 0) is 49.4 Å². The molecule has 0 saturated carbocycles. The van der Waals surface area contributed by atoms with Gasteiger partial charge in [-0.2, -0.15) is 0 Å². The first-order chi connectivity index (χ1) is 11.8. The summed E-state index contributed by atoms with van der Waals surface area (Å²) in [5.41, 5.74) is 0.611. The lowest BCUT2D eigenvalue weighted by molar-refractivity contribution is -0.114. The number of rotatable bonds is 5. The number of benzene rings is 2. The lowest BCUT2D eigenvalue weighted by Gasteiger charge is -2.13. The van der Waals surface area contributed by atoms with E-state index in [1.165, 1.54) is 38.1 Å². The molecule has 1 atom stereocenters. The second kappa shape index (κ2) is 8.02. The van der Waals surface area contributed by atoms with Crippen molar-refractivity contribution in [2.75, 3.05) is 5.32 Å². The molecule has 0 heterocycles. The van der Waals surface area contributed by atoms with Crippen LogP contribution in [0.1, 0.15) is 34.6 Å². The highest BCUT2D eigenvalue weighted by Gasteiger charge is 2.22. The molecule has 0 fully saturated rings. The molecule has 2 rings (SSSR count). The van der Waals surface area contributed by atoms with E-state index in [0.29, 0.717) is 15.7 Å². The molecule has 7 heteroatoms. The van der Waals surface area contributed by atoms with Crippen molar-refractivity contribution < 1.29 is 23.5 Å². The van der Waals surface area contributed by atoms with E-state index in [4.69, 9.17) is 4.74 Å². The van der Waals surface area contributed by atoms with E-state index in [1.54, 1.807) is 12.1 Å². The highest BCUT2D eigenvalue weighted by atomic mass is 79.9. The van der Waals surface area contributed by atoms with E-state index in [9.17, 15) is 18.8 Å². The fraction of sp³-hybridized carbons (Fsp3) is 0.167. The molecule has 0 aliphatic rings. The number of ether oxygens (including phenoxy) is 1. The van der Waals surface area contributed by atoms with Crippen molar-refractivity contribution >= 4 is 39.3 Å². The quantitative estimate of drug-likeness (QED) is 0.600. The number of hydrogen-bond donors (Lipinski definition) is 1. The van der Waals surface area contributed by atoms with E-state index in [-0.39, 0.29) is 11.5 Å². The summed E-state index contributed by atoms with van der Waals surface area (Å²) in [7, 11) is 0. The Balaban J connectivity index is 2.06. The molecule has 5 nitrogen and oxygen atoms in total. The number of nitrogens with one attached hydrogen (secondary N) is 1. The maximum absolute atomic E-state index is 13.8. The van der Waals surface area contributed by atoms with Crippen molar-refractivity contribution in [1.82, 2.24) is 0 Å². The van der Waals surface area contributed by atoms with E-state index in [1.807, 2.05) is 0 Å². The third-order valence-corrected chi connectivity index (χ3v) is 3.79. The summed E-state index contributed by atoms with van der Waals surface area (Å²) in [4.78, 5) is 35.3. The van der Waals surface area contributed by atoms with Crippen molar-refractivity contribution in [1.29, 1.82) is 0 Å². The number of carbonyl (C=O) groups excluding carboxylic acids is 3. The second-order valence-corrected chi connectivity index (χ2v) is 6.21. The Morgan fingerprint density at radius 3 is 2.32 bits per heavy atom. The number of halogens is 2. The number of amides is 1. The molecule has 130 valence electrons. The number of carbonyl (C=O) groups is 3. The predicted molar refractivity (Wildman–Crippen MR) is 94.1 cm³/mol. The smallest absolute Gasteiger partial charge is 0.341 e. The molecule has 1 amide bonds. The highest BCUT2D eigenvalue weighted by molar-refractivity contribution is 9.10. The molecule has 0 bridgehead atoms. The van der Waals surface area contributed by atoms with Crippen LogP contribution in [-0.2, 0) is 9.53 Å². The fourth-order valence-electron chi connectivity index (χ4n) is 2.09. The van der Waals surface area contributed by atoms with E-state index in [0.717, 1.165) is 6.07 Å². The lowest BCUT2D eigenvalue weighted by atomic mass is 10.1. The molecule has 0 unspecified atom stereocenters. The molecule has 0 saturated heterocycles. The molecule has 0 spiro atoms. The van der Waals surface area contributed by atoms with Crippen molar-refractivity contribution in [2.24, 2.45) is 0 Å². The molecule has 2 aromatic carbocycles. The van der Waals surface area contributed by atoms with Crippen LogP contribution >= 0.6 is 15.9 Å². The first kappa shape index (κ1) is 18.8. The molecule has 1 N–H and O–H groups in total. The van der Waals surface area contributed by atoms with Gasteiger partial charge in [0.2, 0.25) is 11.7 Å². The zero-order chi connectivity index (χ0) is 18.6. The summed E-state index contributed by atoms with van der Waals surface area (Å²) >= 11 is 3.10. The number of esters is 1. The SMILES string of the molecule is CC(=O)Nc1ccc(C(=O)[C@@H](C)OC(=O)c2ccc(Br)cc2F)cc1. The Bertz CT molecular complexity index is 820. The minimum Gasteiger partial charge on any atom is -0.451 e. The predicted octanol–water partition coefficient (Wildman–Crippen LogP) is 3.97. The van der Waals surface area contributed by atoms with Gasteiger partial charge in [0.25, 0.3) is 0 Å². The van der Waals surface area contributed by atoms with Gasteiger partial charge in [0.1, 0.15) is 5.82 Å². The van der Waals surface area contributed by atoms with Gasteiger partial charge in [0, 0.05) is 22.6 Å². The normalized spacial score (nSPS) is 11.5. The number of Topliss-reactive ketones (excluding diaryl/α,β-unsaturated/α-hetero) is 1. The topological polar surface area (TPSA) is 72.5 Å². The first-order valence-electron chi connectivity index (χ1n) is 7.36. The van der Waals surface area contributed by atoms with Gasteiger partial charge >= 0.3 is 5.97 Å². The molecule has 0 aromatic heterocycles. The van der Waals surface area contributed by atoms with Gasteiger partial charge in [-0.25, -0.2) is 9.18 Å². The van der Waals surface area contributed by atoms with E-state index < -0.39 is 23.7 Å². The molecule has 0 aliphatic carbocycles. The van der Waals surface area contributed by atoms with Crippen LogP contribution in [0, 0.1) is 5.82 Å². The Hall–Kier alpha value is -2.54. The Labute approximate surface area is 152 Å². The highest BCUT2D eigenvalue weighted by Crippen LogP contribution is 2.18. The van der Waals surface area contributed by atoms with Crippen LogP contribution in [0.15, 0.2) is 46.9 Å². The molecule has 0 aliphatic heterocycles. The average Bonchev–Trinajstić information content (AvgIpc) is 2.54. The van der Waals surface area contributed by atoms with Crippen LogP contribution in [0.5, 0.6) is 0 Å². The summed E-state index contributed by atoms with van der Waals surface area (Å²) in [5.74, 6) is -2.31. The number of anilines is 1. The molecular weight excluding hydrogens is 393 g/mol. The van der Waals surface area contributed by atoms with Crippen LogP contribution in [0.2, 0.25) is 0 Å². The second-order valence-electron chi connectivity index (χ2n) is 5.29. The van der Waals surface area contributed by atoms with Crippen LogP contribution in [-0.4, -0.2) is 23.8 Å². The maximum Gasteiger partial charge on any atom is 0.341 e. The summed E-state index contributed by atoms with van der Waals surface area (Å²) in [6, 6.07) is 10.1. The summed E-state index contributed by atoms with van der Waals surface area (Å²) in [6.07, 6.45) is -1.08. The third kappa shape index (κ3) is 4.96. The summed E-state index contributed by atoms with van der Waals surface area (Å²) in [6.45, 7) is 2.79. The largest absolute Gasteiger partial charge is 0.451 e. The van der Waals surface area contributed by atoms with Gasteiger partial charge < -0.3 is 10.1 Å². The Morgan fingerprint density at radius 1 is 1.12 bits per heavy atom. The monoisotopic (exact) mass is 407 g/mol. The van der Waals surface area contributed by atoms with E-state index in [2.05, 4.69) is 21.2 Å². The minimum atomic E-state index is -1.08. The van der Waals surface area contributed by atoms with Crippen molar-refractivity contribution in [2.45, 2.75) is 20.0 Å². The minimum absolute atomic E-state index is 0.224. The molecular formula is C18H15BrFNO4. The van der Waals surface area contributed by atoms with Gasteiger partial charge in [-0.1, -0.05) is 15.9 Å². The van der Waals surface area contributed by atoms with Gasteiger partial charge in [0.05, 0.1) is 5.56 Å². The van der Waals surface area contributed by atoms with Crippen molar-refractivity contribution in [3.05, 3.63) is 63.9 Å². The average molecular weight is 408 g/mol. The maximum atomic E-state index is 13.8. The zero-order valence-corrected chi connectivity index (χ0v) is 15.1. The van der Waals surface area contributed by atoms with Gasteiger partial charge in [-0.15, -0.1) is 0 Å². The molecule has 2 aromatic rings. The number of hydrogen-bond acceptors (Lipinski definition) is 4. The molecule has 25 heavy (non-hydrogen) atoms. The van der Waals surface area contributed by atoms with Gasteiger partial charge in [-0.3, -0.25) is 9.59 Å². The van der Waals surface area contributed by atoms with E-state index >= 15 is 0 Å². The Morgan fingerprint density at radius 2 is 1.76 bits per heavy atom. The van der Waals surface area contributed by atoms with Crippen LogP contribution < -0.4 is 5.32 Å². The fourth-order valence-corrected chi connectivity index (χ4v) is 2.42. The summed E-state index contributed by atoms with van der Waals surface area (Å²) in [5, 5.41) is 2.58. The lowest BCUT2D eigenvalue weighted by Crippen LogP contribution is -2.25. The van der Waals surface area contributed by atoms with Crippen molar-refractivity contribution in [3.8, 4) is 0 Å². The van der Waals surface area contributed by atoms with Crippen LogP contribution in [0.25, 0.3) is 0 Å². The zero-order valence-electron chi connectivity index (χ0n) is 13.5. The summed E-state index contributed by atoms with van der Waals surface area (Å²) < 4.78 is 19.3. The van der Waals surface area contributed by atoms with Gasteiger partial charge in [0.15, 0.2) is 6.10 Å². The number of ketones is 1. The van der Waals surface area contributed by atoms with Crippen molar-refractivity contribution in [3.63, 3.8) is 0 Å². The van der Waals surface area contributed by atoms with Crippen LogP contribution in [0.3, 0.4) is 0 Å². The standard InChI is InChI=1S/C18H15BrFNO4/c1-10(25-18(24)15-8-5-13(19)9-16(15)20)17(23)12-3-6-14(7-4-12)21-11(2)22/h3-10H,1-2H3,(H,21,22)/t10-/m1/s1.